The lowest BCUT2D eigenvalue weighted by Crippen LogP contribution is -2.46. The molecule has 4 heteroatoms. The van der Waals surface area contributed by atoms with Gasteiger partial charge in [0.1, 0.15) is 0 Å². The van der Waals surface area contributed by atoms with E-state index in [9.17, 15) is 0 Å². The Morgan fingerprint density at radius 1 is 1.05 bits per heavy atom. The molecule has 0 fully saturated rings. The maximum atomic E-state index is 6.11. The Kier molecular flexibility index (Phi) is 9.32. The summed E-state index contributed by atoms with van der Waals surface area (Å²) in [6, 6.07) is 9.25. The van der Waals surface area contributed by atoms with E-state index in [1.165, 1.54) is 11.1 Å². The first-order valence-corrected chi connectivity index (χ1v) is 10.3. The van der Waals surface area contributed by atoms with E-state index in [0.717, 1.165) is 25.3 Å². The van der Waals surface area contributed by atoms with Gasteiger partial charge in [-0.3, -0.25) is 0 Å². The van der Waals surface area contributed by atoms with Crippen LogP contribution >= 0.6 is 0 Å². The molecule has 0 radical (unpaired) electrons. The largest absolute Gasteiger partial charge is 0.500 e. The highest BCUT2D eigenvalue weighted by molar-refractivity contribution is 6.60. The lowest BCUT2D eigenvalue weighted by Gasteiger charge is -2.28. The monoisotopic (exact) mass is 322 g/mol. The normalized spacial score (nSPS) is 11.6. The van der Waals surface area contributed by atoms with Crippen molar-refractivity contribution in [2.24, 2.45) is 0 Å². The summed E-state index contributed by atoms with van der Waals surface area (Å²) < 4.78 is 17.9. The SMILES string of the molecule is C=Cc1ccccc1CCCO[Si](CCC)(OCC)OCC. The van der Waals surface area contributed by atoms with Crippen LogP contribution in [0.15, 0.2) is 30.8 Å². The van der Waals surface area contributed by atoms with Gasteiger partial charge in [-0.05, 0) is 37.8 Å². The molecule has 0 heterocycles. The van der Waals surface area contributed by atoms with Gasteiger partial charge < -0.3 is 13.3 Å². The smallest absolute Gasteiger partial charge is 0.374 e. The van der Waals surface area contributed by atoms with Gasteiger partial charge in [0, 0.05) is 25.9 Å². The van der Waals surface area contributed by atoms with Gasteiger partial charge in [0.15, 0.2) is 0 Å². The van der Waals surface area contributed by atoms with Crippen LogP contribution in [-0.2, 0) is 19.7 Å². The zero-order valence-electron chi connectivity index (χ0n) is 14.3. The van der Waals surface area contributed by atoms with Gasteiger partial charge in [0.25, 0.3) is 0 Å². The molecule has 0 aliphatic carbocycles. The van der Waals surface area contributed by atoms with Crippen LogP contribution in [0.4, 0.5) is 0 Å². The summed E-state index contributed by atoms with van der Waals surface area (Å²) in [7, 11) is -2.48. The topological polar surface area (TPSA) is 27.7 Å². The highest BCUT2D eigenvalue weighted by Gasteiger charge is 2.39. The van der Waals surface area contributed by atoms with Crippen molar-refractivity contribution < 1.29 is 13.3 Å². The first-order chi connectivity index (χ1) is 10.7. The fraction of sp³-hybridized carbons (Fsp3) is 0.556. The van der Waals surface area contributed by atoms with E-state index in [1.807, 2.05) is 26.0 Å². The minimum atomic E-state index is -2.48. The van der Waals surface area contributed by atoms with Crippen LogP contribution in [0.1, 0.15) is 44.7 Å². The quantitative estimate of drug-likeness (QED) is 0.412. The Morgan fingerprint density at radius 3 is 2.32 bits per heavy atom. The van der Waals surface area contributed by atoms with Crippen LogP contribution in [0, 0.1) is 0 Å². The van der Waals surface area contributed by atoms with Crippen LogP contribution in [0.5, 0.6) is 0 Å². The van der Waals surface area contributed by atoms with Crippen LogP contribution in [0.3, 0.4) is 0 Å². The molecule has 22 heavy (non-hydrogen) atoms. The summed E-state index contributed by atoms with van der Waals surface area (Å²) in [4.78, 5) is 0. The van der Waals surface area contributed by atoms with Crippen molar-refractivity contribution in [3.8, 4) is 0 Å². The second kappa shape index (κ2) is 10.7. The lowest BCUT2D eigenvalue weighted by atomic mass is 10.0. The molecule has 0 bridgehead atoms. The van der Waals surface area contributed by atoms with Gasteiger partial charge in [-0.1, -0.05) is 50.3 Å². The molecule has 1 aromatic carbocycles. The van der Waals surface area contributed by atoms with E-state index in [2.05, 4.69) is 31.7 Å². The van der Waals surface area contributed by atoms with Crippen LogP contribution in [0.2, 0.25) is 6.04 Å². The molecule has 0 saturated heterocycles. The molecule has 1 rings (SSSR count). The predicted molar refractivity (Wildman–Crippen MR) is 94.9 cm³/mol. The van der Waals surface area contributed by atoms with Crippen molar-refractivity contribution in [2.75, 3.05) is 19.8 Å². The van der Waals surface area contributed by atoms with Crippen molar-refractivity contribution in [1.29, 1.82) is 0 Å². The molecule has 0 aliphatic rings. The average Bonchev–Trinajstić information content (AvgIpc) is 2.53. The van der Waals surface area contributed by atoms with E-state index in [4.69, 9.17) is 13.3 Å². The Labute approximate surface area is 136 Å². The van der Waals surface area contributed by atoms with Gasteiger partial charge in [-0.25, -0.2) is 0 Å². The van der Waals surface area contributed by atoms with Gasteiger partial charge in [-0.2, -0.15) is 0 Å². The van der Waals surface area contributed by atoms with Crippen molar-refractivity contribution in [1.82, 2.24) is 0 Å². The molecular formula is C18H30O3Si. The zero-order chi connectivity index (χ0) is 16.3. The zero-order valence-corrected chi connectivity index (χ0v) is 15.3. The minimum absolute atomic E-state index is 0.644. The maximum Gasteiger partial charge on any atom is 0.500 e. The summed E-state index contributed by atoms with van der Waals surface area (Å²) in [5.41, 5.74) is 2.52. The molecule has 3 nitrogen and oxygen atoms in total. The van der Waals surface area contributed by atoms with Gasteiger partial charge in [0.05, 0.1) is 0 Å². The molecule has 1 aromatic rings. The predicted octanol–water partition coefficient (Wildman–Crippen LogP) is 4.70. The molecule has 0 saturated carbocycles. The summed E-state index contributed by atoms with van der Waals surface area (Å²) in [5.74, 6) is 0. The highest BCUT2D eigenvalue weighted by Crippen LogP contribution is 2.19. The summed E-state index contributed by atoms with van der Waals surface area (Å²) in [6.07, 6.45) is 4.87. The molecule has 0 amide bonds. The number of aryl methyl sites for hydroxylation is 1. The second-order valence-electron chi connectivity index (χ2n) is 5.15. The first-order valence-electron chi connectivity index (χ1n) is 8.33. The van der Waals surface area contributed by atoms with Crippen LogP contribution in [0.25, 0.3) is 6.08 Å². The van der Waals surface area contributed by atoms with Crippen LogP contribution < -0.4 is 0 Å². The van der Waals surface area contributed by atoms with Crippen molar-refractivity contribution in [3.63, 3.8) is 0 Å². The fourth-order valence-corrected chi connectivity index (χ4v) is 5.17. The van der Waals surface area contributed by atoms with Gasteiger partial charge in [0.2, 0.25) is 0 Å². The Balaban J connectivity index is 2.53. The fourth-order valence-electron chi connectivity index (χ4n) is 2.54. The molecular weight excluding hydrogens is 292 g/mol. The minimum Gasteiger partial charge on any atom is -0.374 e. The Hall–Kier alpha value is -0.943. The Bertz CT molecular complexity index is 417. The van der Waals surface area contributed by atoms with E-state index in [0.29, 0.717) is 19.8 Å². The van der Waals surface area contributed by atoms with Crippen molar-refractivity contribution in [3.05, 3.63) is 42.0 Å². The lowest BCUT2D eigenvalue weighted by molar-refractivity contribution is 0.0661. The first kappa shape index (κ1) is 19.1. The molecule has 0 spiro atoms. The van der Waals surface area contributed by atoms with Crippen LogP contribution in [-0.4, -0.2) is 28.6 Å². The Morgan fingerprint density at radius 2 is 1.73 bits per heavy atom. The number of rotatable bonds is 12. The standard InChI is InChI=1S/C18H30O3Si/c1-5-16-22(19-7-3,20-8-4)21-15-11-14-18-13-10-9-12-17(18)6-2/h6,9-10,12-13H,2,5,7-8,11,14-16H2,1,3-4H3. The third-order valence-electron chi connectivity index (χ3n) is 3.47. The number of hydrogen-bond acceptors (Lipinski definition) is 3. The van der Waals surface area contributed by atoms with E-state index >= 15 is 0 Å². The maximum absolute atomic E-state index is 6.11. The van der Waals surface area contributed by atoms with Crippen molar-refractivity contribution in [2.45, 2.75) is 46.1 Å². The average molecular weight is 323 g/mol. The second-order valence-corrected chi connectivity index (χ2v) is 7.89. The summed E-state index contributed by atoms with van der Waals surface area (Å²) >= 11 is 0. The van der Waals surface area contributed by atoms with Gasteiger partial charge >= 0.3 is 8.80 Å². The van der Waals surface area contributed by atoms with E-state index in [1.54, 1.807) is 0 Å². The third-order valence-corrected chi connectivity index (χ3v) is 6.69. The van der Waals surface area contributed by atoms with Crippen molar-refractivity contribution >= 4 is 14.9 Å². The molecule has 0 aliphatic heterocycles. The van der Waals surface area contributed by atoms with E-state index in [-0.39, 0.29) is 0 Å². The molecule has 124 valence electrons. The van der Waals surface area contributed by atoms with Gasteiger partial charge in [-0.15, -0.1) is 0 Å². The summed E-state index contributed by atoms with van der Waals surface area (Å²) in [6.45, 7) is 12.0. The molecule has 0 atom stereocenters. The third kappa shape index (κ3) is 6.05. The number of hydrogen-bond donors (Lipinski definition) is 0. The molecule has 0 N–H and O–H groups in total. The summed E-state index contributed by atoms with van der Waals surface area (Å²) in [5, 5.41) is 0. The van der Waals surface area contributed by atoms with E-state index < -0.39 is 8.80 Å². The number of benzene rings is 1. The molecule has 0 unspecified atom stereocenters. The highest BCUT2D eigenvalue weighted by atomic mass is 28.4. The molecule has 0 aromatic heterocycles.